The normalized spacial score (nSPS) is 12.1. The van der Waals surface area contributed by atoms with Crippen LogP contribution in [-0.4, -0.2) is 36.4 Å². The molecule has 0 unspecified atom stereocenters. The average Bonchev–Trinajstić information content (AvgIpc) is 3.01. The van der Waals surface area contributed by atoms with Crippen LogP contribution < -0.4 is 5.32 Å². The summed E-state index contributed by atoms with van der Waals surface area (Å²) in [6, 6.07) is 9.15. The Balaban J connectivity index is 2.05. The number of rotatable bonds is 6. The van der Waals surface area contributed by atoms with Crippen LogP contribution in [0.4, 0.5) is 5.69 Å². The topological polar surface area (TPSA) is 88.6 Å². The number of nitro groups is 1. The summed E-state index contributed by atoms with van der Waals surface area (Å²) >= 11 is 0. The van der Waals surface area contributed by atoms with Crippen molar-refractivity contribution in [1.29, 1.82) is 0 Å². The molecule has 1 amide bonds. The highest BCUT2D eigenvalue weighted by molar-refractivity contribution is 5.94. The highest BCUT2D eigenvalue weighted by atomic mass is 16.6. The molecule has 0 saturated heterocycles. The number of nitrogens with one attached hydrogen (secondary N) is 1. The fraction of sp³-hybridized carbons (Fsp3) is 0.267. The molecule has 0 spiro atoms. The lowest BCUT2D eigenvalue weighted by atomic mass is 10.1. The molecule has 116 valence electrons. The number of nitro benzene ring substituents is 1. The monoisotopic (exact) mass is 303 g/mol. The third-order valence-corrected chi connectivity index (χ3v) is 3.27. The van der Waals surface area contributed by atoms with Gasteiger partial charge < -0.3 is 9.73 Å². The van der Waals surface area contributed by atoms with Crippen molar-refractivity contribution in [3.63, 3.8) is 0 Å². The Morgan fingerprint density at radius 1 is 1.36 bits per heavy atom. The van der Waals surface area contributed by atoms with Crippen molar-refractivity contribution < 1.29 is 14.1 Å². The van der Waals surface area contributed by atoms with Crippen molar-refractivity contribution in [2.75, 3.05) is 20.6 Å². The predicted molar refractivity (Wildman–Crippen MR) is 80.6 cm³/mol. The van der Waals surface area contributed by atoms with Gasteiger partial charge >= 0.3 is 0 Å². The van der Waals surface area contributed by atoms with Crippen LogP contribution in [0.5, 0.6) is 0 Å². The molecule has 0 aliphatic heterocycles. The predicted octanol–water partition coefficient (Wildman–Crippen LogP) is 2.22. The molecule has 0 saturated carbocycles. The van der Waals surface area contributed by atoms with Crippen LogP contribution in [0.15, 0.2) is 47.1 Å². The summed E-state index contributed by atoms with van der Waals surface area (Å²) in [5, 5.41) is 13.5. The fourth-order valence-corrected chi connectivity index (χ4v) is 2.07. The zero-order valence-electron chi connectivity index (χ0n) is 12.4. The van der Waals surface area contributed by atoms with Crippen molar-refractivity contribution in [2.24, 2.45) is 0 Å². The number of furan rings is 1. The lowest BCUT2D eigenvalue weighted by molar-refractivity contribution is -0.384. The number of benzene rings is 1. The molecule has 0 aliphatic rings. The minimum absolute atomic E-state index is 0.108. The maximum atomic E-state index is 12.1. The zero-order chi connectivity index (χ0) is 16.1. The second-order valence-electron chi connectivity index (χ2n) is 5.01. The van der Waals surface area contributed by atoms with Gasteiger partial charge in [-0.3, -0.25) is 19.8 Å². The highest BCUT2D eigenvalue weighted by Crippen LogP contribution is 2.18. The summed E-state index contributed by atoms with van der Waals surface area (Å²) in [5.41, 5.74) is 0.147. The van der Waals surface area contributed by atoms with E-state index in [0.29, 0.717) is 6.54 Å². The Hall–Kier alpha value is -2.67. The molecule has 0 aliphatic carbocycles. The molecule has 2 rings (SSSR count). The third-order valence-electron chi connectivity index (χ3n) is 3.27. The smallest absolute Gasteiger partial charge is 0.270 e. The van der Waals surface area contributed by atoms with E-state index in [1.165, 1.54) is 18.2 Å². The van der Waals surface area contributed by atoms with Gasteiger partial charge in [-0.25, -0.2) is 0 Å². The summed E-state index contributed by atoms with van der Waals surface area (Å²) in [5.74, 6) is 0.381. The summed E-state index contributed by atoms with van der Waals surface area (Å²) in [7, 11) is 3.76. The van der Waals surface area contributed by atoms with Crippen LogP contribution in [0.1, 0.15) is 22.2 Å². The van der Waals surface area contributed by atoms with E-state index in [1.54, 1.807) is 18.4 Å². The number of nitrogens with zero attached hydrogens (tertiary/aromatic N) is 2. The molecule has 1 atom stereocenters. The molecule has 0 bridgehead atoms. The number of amides is 1. The second-order valence-corrected chi connectivity index (χ2v) is 5.01. The maximum Gasteiger partial charge on any atom is 0.270 e. The van der Waals surface area contributed by atoms with E-state index in [2.05, 4.69) is 5.32 Å². The molecule has 2 aromatic rings. The summed E-state index contributed by atoms with van der Waals surface area (Å²) in [6.45, 7) is 0.335. The van der Waals surface area contributed by atoms with Crippen molar-refractivity contribution in [2.45, 2.75) is 6.04 Å². The molecule has 1 N–H and O–H groups in total. The van der Waals surface area contributed by atoms with Gasteiger partial charge in [-0.15, -0.1) is 0 Å². The molecule has 1 heterocycles. The number of hydrogen-bond acceptors (Lipinski definition) is 5. The Labute approximate surface area is 127 Å². The first-order chi connectivity index (χ1) is 10.5. The number of carbonyl (C=O) groups is 1. The van der Waals surface area contributed by atoms with Gasteiger partial charge in [0.1, 0.15) is 5.76 Å². The Morgan fingerprint density at radius 3 is 2.73 bits per heavy atom. The van der Waals surface area contributed by atoms with Crippen molar-refractivity contribution >= 4 is 11.6 Å². The number of carbonyl (C=O) groups excluding carboxylic acids is 1. The van der Waals surface area contributed by atoms with Gasteiger partial charge in [-0.1, -0.05) is 6.07 Å². The van der Waals surface area contributed by atoms with Crippen LogP contribution in [0.3, 0.4) is 0 Å². The van der Waals surface area contributed by atoms with Gasteiger partial charge in [0, 0.05) is 24.2 Å². The molecule has 1 aromatic heterocycles. The van der Waals surface area contributed by atoms with Crippen molar-refractivity contribution in [3.8, 4) is 0 Å². The van der Waals surface area contributed by atoms with Crippen molar-refractivity contribution in [3.05, 3.63) is 64.1 Å². The van der Waals surface area contributed by atoms with E-state index in [0.717, 1.165) is 5.76 Å². The van der Waals surface area contributed by atoms with Gasteiger partial charge in [0.05, 0.1) is 17.2 Å². The Morgan fingerprint density at radius 2 is 2.14 bits per heavy atom. The van der Waals surface area contributed by atoms with Crippen molar-refractivity contribution in [1.82, 2.24) is 10.2 Å². The van der Waals surface area contributed by atoms with E-state index >= 15 is 0 Å². The minimum atomic E-state index is -0.526. The van der Waals surface area contributed by atoms with Gasteiger partial charge in [-0.05, 0) is 32.3 Å². The van der Waals surface area contributed by atoms with E-state index in [1.807, 2.05) is 25.1 Å². The summed E-state index contributed by atoms with van der Waals surface area (Å²) in [4.78, 5) is 24.3. The van der Waals surface area contributed by atoms with Crippen LogP contribution >= 0.6 is 0 Å². The van der Waals surface area contributed by atoms with Gasteiger partial charge in [0.2, 0.25) is 0 Å². The zero-order valence-corrected chi connectivity index (χ0v) is 12.4. The first kappa shape index (κ1) is 15.7. The Bertz CT molecular complexity index is 653. The largest absolute Gasteiger partial charge is 0.468 e. The number of non-ortho nitro benzene ring substituents is 1. The van der Waals surface area contributed by atoms with Crippen LogP contribution in [-0.2, 0) is 0 Å². The molecular formula is C15H17N3O4. The molecule has 1 aromatic carbocycles. The summed E-state index contributed by atoms with van der Waals surface area (Å²) < 4.78 is 5.36. The van der Waals surface area contributed by atoms with Crippen LogP contribution in [0, 0.1) is 10.1 Å². The van der Waals surface area contributed by atoms with E-state index in [9.17, 15) is 14.9 Å². The SMILES string of the molecule is CN(C)[C@H](CNC(=O)c1cccc([N+](=O)[O-])c1)c1ccco1. The molecule has 7 nitrogen and oxygen atoms in total. The minimum Gasteiger partial charge on any atom is -0.468 e. The average molecular weight is 303 g/mol. The first-order valence-corrected chi connectivity index (χ1v) is 6.71. The summed E-state index contributed by atoms with van der Waals surface area (Å²) in [6.07, 6.45) is 1.58. The van der Waals surface area contributed by atoms with E-state index < -0.39 is 4.92 Å². The fourth-order valence-electron chi connectivity index (χ4n) is 2.07. The first-order valence-electron chi connectivity index (χ1n) is 6.71. The molecule has 22 heavy (non-hydrogen) atoms. The molecule has 0 radical (unpaired) electrons. The Kier molecular flexibility index (Phi) is 4.90. The third kappa shape index (κ3) is 3.70. The molecule has 7 heteroatoms. The van der Waals surface area contributed by atoms with Gasteiger partial charge in [0.15, 0.2) is 0 Å². The van der Waals surface area contributed by atoms with Crippen LogP contribution in [0.2, 0.25) is 0 Å². The maximum absolute atomic E-state index is 12.1. The van der Waals surface area contributed by atoms with Crippen LogP contribution in [0.25, 0.3) is 0 Å². The number of hydrogen-bond donors (Lipinski definition) is 1. The highest BCUT2D eigenvalue weighted by Gasteiger charge is 2.19. The second kappa shape index (κ2) is 6.86. The molecular weight excluding hydrogens is 286 g/mol. The van der Waals surface area contributed by atoms with Gasteiger partial charge in [-0.2, -0.15) is 0 Å². The standard InChI is InChI=1S/C15H17N3O4/c1-17(2)13(14-7-4-8-22-14)10-16-15(19)11-5-3-6-12(9-11)18(20)21/h3-9,13H,10H2,1-2H3,(H,16,19)/t13-/m1/s1. The van der Waals surface area contributed by atoms with E-state index in [-0.39, 0.29) is 23.2 Å². The number of likely N-dealkylation sites (N-methyl/N-ethyl adjacent to an activating group) is 1. The lowest BCUT2D eigenvalue weighted by Crippen LogP contribution is -2.34. The molecule has 0 fully saturated rings. The lowest BCUT2D eigenvalue weighted by Gasteiger charge is -2.22. The van der Waals surface area contributed by atoms with Gasteiger partial charge in [0.25, 0.3) is 11.6 Å². The van der Waals surface area contributed by atoms with E-state index in [4.69, 9.17) is 4.42 Å². The quantitative estimate of drug-likeness (QED) is 0.653.